The van der Waals surface area contributed by atoms with E-state index in [2.05, 4.69) is 16.8 Å². The molecule has 108 valence electrons. The highest BCUT2D eigenvalue weighted by Crippen LogP contribution is 2.24. The molecule has 2 rings (SSSR count). The normalized spacial score (nSPS) is 11.6. The van der Waals surface area contributed by atoms with Gasteiger partial charge in [-0.2, -0.15) is 0 Å². The molecule has 7 heteroatoms. The molecule has 0 aliphatic carbocycles. The summed E-state index contributed by atoms with van der Waals surface area (Å²) < 4.78 is 32.0. The highest BCUT2D eigenvalue weighted by Gasteiger charge is 2.24. The Bertz CT molecular complexity index is 671. The van der Waals surface area contributed by atoms with Gasteiger partial charge in [0.05, 0.1) is 0 Å². The summed E-state index contributed by atoms with van der Waals surface area (Å²) in [6.45, 7) is 5.25. The van der Waals surface area contributed by atoms with Gasteiger partial charge in [-0.3, -0.25) is 4.72 Å². The number of aryl methyl sites for hydroxylation is 2. The van der Waals surface area contributed by atoms with Crippen molar-refractivity contribution in [2.75, 3.05) is 10.5 Å². The zero-order chi connectivity index (χ0) is 14.8. The minimum atomic E-state index is -3.67. The number of sulfonamides is 1. The van der Waals surface area contributed by atoms with Crippen LogP contribution in [0.15, 0.2) is 38.6 Å². The van der Waals surface area contributed by atoms with E-state index in [-0.39, 0.29) is 10.7 Å². The number of anilines is 1. The molecule has 5 nitrogen and oxygen atoms in total. The molecule has 1 aromatic carbocycles. The standard InChI is InChI=1S/C13H16N2O3S2/c1-4-19-12-7-5-11(6-8-12)15-20(16,17)13-9(2)14-18-10(13)3/h5-8,15H,4H2,1-3H3. The van der Waals surface area contributed by atoms with Crippen molar-refractivity contribution in [3.8, 4) is 0 Å². The molecule has 20 heavy (non-hydrogen) atoms. The Hall–Kier alpha value is -1.47. The smallest absolute Gasteiger partial charge is 0.267 e. The molecular formula is C13H16N2O3S2. The number of nitrogens with zero attached hydrogens (tertiary/aromatic N) is 1. The molecular weight excluding hydrogens is 296 g/mol. The first kappa shape index (κ1) is 14.9. The molecule has 0 saturated heterocycles. The monoisotopic (exact) mass is 312 g/mol. The summed E-state index contributed by atoms with van der Waals surface area (Å²) in [5.74, 6) is 1.26. The SMILES string of the molecule is CCSc1ccc(NS(=O)(=O)c2c(C)noc2C)cc1. The Morgan fingerprint density at radius 2 is 1.90 bits per heavy atom. The van der Waals surface area contributed by atoms with Crippen LogP contribution in [0.3, 0.4) is 0 Å². The lowest BCUT2D eigenvalue weighted by Gasteiger charge is -2.08. The molecule has 0 radical (unpaired) electrons. The highest BCUT2D eigenvalue weighted by atomic mass is 32.2. The van der Waals surface area contributed by atoms with Gasteiger partial charge < -0.3 is 4.52 Å². The molecule has 1 aromatic heterocycles. The maximum Gasteiger partial charge on any atom is 0.267 e. The van der Waals surface area contributed by atoms with Crippen LogP contribution in [0.4, 0.5) is 5.69 Å². The number of rotatable bonds is 5. The van der Waals surface area contributed by atoms with E-state index in [0.29, 0.717) is 11.4 Å². The predicted molar refractivity (Wildman–Crippen MR) is 79.6 cm³/mol. The number of hydrogen-bond donors (Lipinski definition) is 1. The van der Waals surface area contributed by atoms with Crippen LogP contribution >= 0.6 is 11.8 Å². The fourth-order valence-corrected chi connectivity index (χ4v) is 3.90. The summed E-state index contributed by atoms with van der Waals surface area (Å²) in [6, 6.07) is 7.26. The molecule has 1 N–H and O–H groups in total. The summed E-state index contributed by atoms with van der Waals surface area (Å²) in [5.41, 5.74) is 0.874. The average Bonchev–Trinajstić information content (AvgIpc) is 2.72. The van der Waals surface area contributed by atoms with Crippen molar-refractivity contribution in [1.82, 2.24) is 5.16 Å². The van der Waals surface area contributed by atoms with Crippen molar-refractivity contribution in [3.05, 3.63) is 35.7 Å². The Morgan fingerprint density at radius 1 is 1.25 bits per heavy atom. The topological polar surface area (TPSA) is 72.2 Å². The first-order chi connectivity index (χ1) is 9.44. The van der Waals surface area contributed by atoms with E-state index < -0.39 is 10.0 Å². The van der Waals surface area contributed by atoms with Crippen molar-refractivity contribution in [3.63, 3.8) is 0 Å². The molecule has 2 aromatic rings. The number of nitrogens with one attached hydrogen (secondary N) is 1. The van der Waals surface area contributed by atoms with Gasteiger partial charge in [-0.1, -0.05) is 12.1 Å². The van der Waals surface area contributed by atoms with Gasteiger partial charge in [0, 0.05) is 10.6 Å². The maximum absolute atomic E-state index is 12.3. The van der Waals surface area contributed by atoms with E-state index in [0.717, 1.165) is 10.6 Å². The van der Waals surface area contributed by atoms with Crippen LogP contribution in [-0.2, 0) is 10.0 Å². The number of hydrogen-bond acceptors (Lipinski definition) is 5. The van der Waals surface area contributed by atoms with Gasteiger partial charge >= 0.3 is 0 Å². The van der Waals surface area contributed by atoms with E-state index in [1.807, 2.05) is 12.1 Å². The van der Waals surface area contributed by atoms with E-state index in [9.17, 15) is 8.42 Å². The van der Waals surface area contributed by atoms with Crippen molar-refractivity contribution >= 4 is 27.5 Å². The van der Waals surface area contributed by atoms with Crippen molar-refractivity contribution < 1.29 is 12.9 Å². The van der Waals surface area contributed by atoms with Crippen molar-refractivity contribution in [2.24, 2.45) is 0 Å². The molecule has 0 saturated carbocycles. The lowest BCUT2D eigenvalue weighted by atomic mass is 10.3. The van der Waals surface area contributed by atoms with E-state index >= 15 is 0 Å². The molecule has 0 aliphatic heterocycles. The zero-order valence-corrected chi connectivity index (χ0v) is 13.1. The minimum absolute atomic E-state index is 0.101. The predicted octanol–water partition coefficient (Wildman–Crippen LogP) is 3.20. The van der Waals surface area contributed by atoms with Crippen molar-refractivity contribution in [1.29, 1.82) is 0 Å². The summed E-state index contributed by atoms with van der Waals surface area (Å²) >= 11 is 1.70. The number of benzene rings is 1. The van der Waals surface area contributed by atoms with Crippen LogP contribution in [0.5, 0.6) is 0 Å². The third-order valence-corrected chi connectivity index (χ3v) is 5.17. The third kappa shape index (κ3) is 3.16. The quantitative estimate of drug-likeness (QED) is 0.858. The number of thioether (sulfide) groups is 1. The van der Waals surface area contributed by atoms with Crippen molar-refractivity contribution in [2.45, 2.75) is 30.6 Å². The van der Waals surface area contributed by atoms with Gasteiger partial charge in [0.15, 0.2) is 10.7 Å². The van der Waals surface area contributed by atoms with Crippen LogP contribution in [0.2, 0.25) is 0 Å². The minimum Gasteiger partial charge on any atom is -0.360 e. The lowest BCUT2D eigenvalue weighted by molar-refractivity contribution is 0.390. The van der Waals surface area contributed by atoms with Gasteiger partial charge in [0.2, 0.25) is 0 Å². The summed E-state index contributed by atoms with van der Waals surface area (Å²) in [7, 11) is -3.67. The van der Waals surface area contributed by atoms with Crippen LogP contribution in [0.25, 0.3) is 0 Å². The van der Waals surface area contributed by atoms with Gasteiger partial charge in [-0.25, -0.2) is 8.42 Å². The molecule has 0 amide bonds. The molecule has 0 spiro atoms. The zero-order valence-electron chi connectivity index (χ0n) is 11.5. The second-order valence-electron chi connectivity index (χ2n) is 4.22. The van der Waals surface area contributed by atoms with Crippen LogP contribution in [-0.4, -0.2) is 19.3 Å². The maximum atomic E-state index is 12.3. The Labute approximate surface area is 122 Å². The highest BCUT2D eigenvalue weighted by molar-refractivity contribution is 7.99. The second kappa shape index (κ2) is 5.88. The average molecular weight is 312 g/mol. The summed E-state index contributed by atoms with van der Waals surface area (Å²) in [5, 5.41) is 3.67. The first-order valence-electron chi connectivity index (χ1n) is 6.12. The van der Waals surface area contributed by atoms with Gasteiger partial charge in [-0.15, -0.1) is 11.8 Å². The van der Waals surface area contributed by atoms with Gasteiger partial charge in [-0.05, 0) is 43.9 Å². The lowest BCUT2D eigenvalue weighted by Crippen LogP contribution is -2.14. The summed E-state index contributed by atoms with van der Waals surface area (Å²) in [4.78, 5) is 1.21. The van der Waals surface area contributed by atoms with E-state index in [4.69, 9.17) is 4.52 Å². The van der Waals surface area contributed by atoms with E-state index in [1.165, 1.54) is 0 Å². The Morgan fingerprint density at radius 3 is 2.40 bits per heavy atom. The number of aromatic nitrogens is 1. The first-order valence-corrected chi connectivity index (χ1v) is 8.59. The second-order valence-corrected chi connectivity index (χ2v) is 7.17. The molecule has 0 atom stereocenters. The van der Waals surface area contributed by atoms with Crippen LogP contribution < -0.4 is 4.72 Å². The molecule has 0 fully saturated rings. The molecule has 0 aliphatic rings. The van der Waals surface area contributed by atoms with Crippen LogP contribution in [0.1, 0.15) is 18.4 Å². The molecule has 1 heterocycles. The Balaban J connectivity index is 2.24. The van der Waals surface area contributed by atoms with Gasteiger partial charge in [0.25, 0.3) is 10.0 Å². The van der Waals surface area contributed by atoms with Crippen LogP contribution in [0, 0.1) is 13.8 Å². The molecule has 0 unspecified atom stereocenters. The fourth-order valence-electron chi connectivity index (χ4n) is 1.85. The third-order valence-electron chi connectivity index (χ3n) is 2.65. The van der Waals surface area contributed by atoms with E-state index in [1.54, 1.807) is 37.7 Å². The fraction of sp³-hybridized carbons (Fsp3) is 0.308. The largest absolute Gasteiger partial charge is 0.360 e. The van der Waals surface area contributed by atoms with Gasteiger partial charge in [0.1, 0.15) is 5.69 Å². The molecule has 0 bridgehead atoms. The summed E-state index contributed by atoms with van der Waals surface area (Å²) in [6.07, 6.45) is 0. The Kier molecular flexibility index (Phi) is 4.39.